The highest BCUT2D eigenvalue weighted by Gasteiger charge is 2.16. The van der Waals surface area contributed by atoms with Gasteiger partial charge in [-0.25, -0.2) is 5.43 Å². The summed E-state index contributed by atoms with van der Waals surface area (Å²) in [5.41, 5.74) is 3.81. The molecule has 7 heteroatoms. The molecule has 2 aromatic rings. The lowest BCUT2D eigenvalue weighted by atomic mass is 10.1. The molecule has 7 nitrogen and oxygen atoms in total. The average Bonchev–Trinajstić information content (AvgIpc) is 2.60. The van der Waals surface area contributed by atoms with Gasteiger partial charge >= 0.3 is 5.69 Å². The Morgan fingerprint density at radius 1 is 1.29 bits per heavy atom. The molecule has 0 fully saturated rings. The van der Waals surface area contributed by atoms with Crippen LogP contribution in [0.3, 0.4) is 0 Å². The van der Waals surface area contributed by atoms with Crippen molar-refractivity contribution in [2.75, 3.05) is 6.61 Å². The van der Waals surface area contributed by atoms with Crippen molar-refractivity contribution in [3.05, 3.63) is 69.8 Å². The number of carbonyl (C=O) groups excluding carboxylic acids is 1. The molecule has 124 valence electrons. The molecule has 0 aliphatic carbocycles. The molecule has 0 saturated heterocycles. The number of amides is 1. The molecule has 0 aliphatic heterocycles. The van der Waals surface area contributed by atoms with Crippen LogP contribution in [-0.2, 0) is 11.2 Å². The van der Waals surface area contributed by atoms with Crippen LogP contribution in [0.2, 0.25) is 0 Å². The summed E-state index contributed by atoms with van der Waals surface area (Å²) < 4.78 is 5.23. The molecule has 1 amide bonds. The molecule has 2 rings (SSSR count). The van der Waals surface area contributed by atoms with Crippen LogP contribution in [0.15, 0.2) is 53.6 Å². The zero-order valence-electron chi connectivity index (χ0n) is 13.1. The van der Waals surface area contributed by atoms with Gasteiger partial charge in [0.2, 0.25) is 0 Å². The largest absolute Gasteiger partial charge is 0.477 e. The van der Waals surface area contributed by atoms with Gasteiger partial charge in [0, 0.05) is 6.07 Å². The summed E-state index contributed by atoms with van der Waals surface area (Å²) in [6.07, 6.45) is 2.17. The molecular formula is C17H17N3O4. The molecule has 0 radical (unpaired) electrons. The second kappa shape index (κ2) is 8.42. The number of hydrogen-bond donors (Lipinski definition) is 1. The van der Waals surface area contributed by atoms with Gasteiger partial charge in [-0.1, -0.05) is 43.3 Å². The summed E-state index contributed by atoms with van der Waals surface area (Å²) in [7, 11) is 0. The molecule has 0 aliphatic rings. The van der Waals surface area contributed by atoms with Crippen LogP contribution in [0.4, 0.5) is 5.69 Å². The predicted octanol–water partition coefficient (Wildman–Crippen LogP) is 2.69. The zero-order chi connectivity index (χ0) is 17.4. The lowest BCUT2D eigenvalue weighted by Crippen LogP contribution is -2.24. The number of hydrogen-bond acceptors (Lipinski definition) is 5. The lowest BCUT2D eigenvalue weighted by Gasteiger charge is -2.07. The Balaban J connectivity index is 1.92. The fourth-order valence-electron chi connectivity index (χ4n) is 1.94. The minimum absolute atomic E-state index is 0.0550. The predicted molar refractivity (Wildman–Crippen MR) is 90.1 cm³/mol. The van der Waals surface area contributed by atoms with E-state index in [2.05, 4.69) is 10.5 Å². The monoisotopic (exact) mass is 327 g/mol. The van der Waals surface area contributed by atoms with Crippen molar-refractivity contribution >= 4 is 17.8 Å². The third kappa shape index (κ3) is 4.91. The highest BCUT2D eigenvalue weighted by atomic mass is 16.6. The number of carbonyl (C=O) groups is 1. The molecule has 24 heavy (non-hydrogen) atoms. The molecule has 0 aromatic heterocycles. The summed E-state index contributed by atoms with van der Waals surface area (Å²) >= 11 is 0. The van der Waals surface area contributed by atoms with E-state index >= 15 is 0 Å². The van der Waals surface area contributed by atoms with Crippen LogP contribution < -0.4 is 10.2 Å². The maximum atomic E-state index is 11.7. The van der Waals surface area contributed by atoms with E-state index in [0.717, 1.165) is 11.1 Å². The standard InChI is InChI=1S/C17H17N3O4/c1-2-13-8-9-16(15(10-13)20(22)23)24-12-17(21)19-18-11-14-6-4-3-5-7-14/h3-11H,2,12H2,1H3,(H,19,21). The van der Waals surface area contributed by atoms with Crippen molar-refractivity contribution in [3.8, 4) is 5.75 Å². The summed E-state index contributed by atoms with van der Waals surface area (Å²) in [6, 6.07) is 13.9. The number of nitro groups is 1. The Bertz CT molecular complexity index is 745. The first-order valence-electron chi connectivity index (χ1n) is 7.37. The van der Waals surface area contributed by atoms with Crippen LogP contribution in [0, 0.1) is 10.1 Å². The van der Waals surface area contributed by atoms with Crippen LogP contribution >= 0.6 is 0 Å². The Morgan fingerprint density at radius 2 is 2.04 bits per heavy atom. The van der Waals surface area contributed by atoms with Gasteiger partial charge in [-0.3, -0.25) is 14.9 Å². The van der Waals surface area contributed by atoms with Crippen molar-refractivity contribution < 1.29 is 14.5 Å². The average molecular weight is 327 g/mol. The molecule has 0 saturated carbocycles. The van der Waals surface area contributed by atoms with Crippen molar-refractivity contribution in [2.45, 2.75) is 13.3 Å². The number of benzene rings is 2. The maximum Gasteiger partial charge on any atom is 0.311 e. The quantitative estimate of drug-likeness (QED) is 0.480. The van der Waals surface area contributed by atoms with Gasteiger partial charge in [0.25, 0.3) is 5.91 Å². The number of nitro benzene ring substituents is 1. The Hall–Kier alpha value is -3.22. The lowest BCUT2D eigenvalue weighted by molar-refractivity contribution is -0.385. The molecule has 0 atom stereocenters. The first-order valence-corrected chi connectivity index (χ1v) is 7.37. The van der Waals surface area contributed by atoms with Gasteiger partial charge < -0.3 is 4.74 Å². The van der Waals surface area contributed by atoms with Crippen molar-refractivity contribution in [3.63, 3.8) is 0 Å². The van der Waals surface area contributed by atoms with E-state index < -0.39 is 10.8 Å². The minimum atomic E-state index is -0.528. The van der Waals surface area contributed by atoms with Crippen LogP contribution in [0.5, 0.6) is 5.75 Å². The first kappa shape index (κ1) is 17.1. The summed E-state index contributed by atoms with van der Waals surface area (Å²) in [5, 5.41) is 14.9. The van der Waals surface area contributed by atoms with Gasteiger partial charge in [-0.15, -0.1) is 0 Å². The molecule has 0 heterocycles. The molecule has 0 unspecified atom stereocenters. The van der Waals surface area contributed by atoms with E-state index in [1.165, 1.54) is 18.3 Å². The topological polar surface area (TPSA) is 93.8 Å². The van der Waals surface area contributed by atoms with Crippen LogP contribution in [0.1, 0.15) is 18.1 Å². The molecular weight excluding hydrogens is 310 g/mol. The third-order valence-corrected chi connectivity index (χ3v) is 3.19. The van der Waals surface area contributed by atoms with E-state index in [-0.39, 0.29) is 18.0 Å². The Morgan fingerprint density at radius 3 is 2.71 bits per heavy atom. The second-order valence-corrected chi connectivity index (χ2v) is 4.91. The summed E-state index contributed by atoms with van der Waals surface area (Å²) in [4.78, 5) is 22.2. The first-order chi connectivity index (χ1) is 11.6. The van der Waals surface area contributed by atoms with Gasteiger partial charge in [0.1, 0.15) is 0 Å². The van der Waals surface area contributed by atoms with E-state index in [9.17, 15) is 14.9 Å². The SMILES string of the molecule is CCc1ccc(OCC(=O)NN=Cc2ccccc2)c([N+](=O)[O-])c1. The maximum absolute atomic E-state index is 11.7. The minimum Gasteiger partial charge on any atom is -0.477 e. The van der Waals surface area contributed by atoms with Gasteiger partial charge in [0.15, 0.2) is 12.4 Å². The van der Waals surface area contributed by atoms with Crippen molar-refractivity contribution in [1.29, 1.82) is 0 Å². The highest BCUT2D eigenvalue weighted by Crippen LogP contribution is 2.28. The second-order valence-electron chi connectivity index (χ2n) is 4.91. The smallest absolute Gasteiger partial charge is 0.311 e. The molecule has 0 bridgehead atoms. The number of nitrogens with zero attached hydrogens (tertiary/aromatic N) is 2. The third-order valence-electron chi connectivity index (χ3n) is 3.19. The van der Waals surface area contributed by atoms with Gasteiger partial charge in [-0.05, 0) is 23.6 Å². The van der Waals surface area contributed by atoms with Gasteiger partial charge in [-0.2, -0.15) is 5.10 Å². The highest BCUT2D eigenvalue weighted by molar-refractivity contribution is 5.82. The van der Waals surface area contributed by atoms with E-state index in [1.807, 2.05) is 37.3 Å². The number of rotatable bonds is 7. The number of ether oxygens (including phenoxy) is 1. The molecule has 0 spiro atoms. The summed E-state index contributed by atoms with van der Waals surface area (Å²) in [6.45, 7) is 1.54. The Kier molecular flexibility index (Phi) is 6.01. The Labute approximate surface area is 139 Å². The van der Waals surface area contributed by atoms with Crippen LogP contribution in [-0.4, -0.2) is 23.7 Å². The fourth-order valence-corrected chi connectivity index (χ4v) is 1.94. The fraction of sp³-hybridized carbons (Fsp3) is 0.176. The number of hydrazone groups is 1. The van der Waals surface area contributed by atoms with Crippen molar-refractivity contribution in [2.24, 2.45) is 5.10 Å². The van der Waals surface area contributed by atoms with Crippen LogP contribution in [0.25, 0.3) is 0 Å². The van der Waals surface area contributed by atoms with Gasteiger partial charge in [0.05, 0.1) is 11.1 Å². The summed E-state index contributed by atoms with van der Waals surface area (Å²) in [5.74, 6) is -0.449. The van der Waals surface area contributed by atoms with E-state index in [1.54, 1.807) is 6.07 Å². The van der Waals surface area contributed by atoms with E-state index in [0.29, 0.717) is 6.42 Å². The number of aryl methyl sites for hydroxylation is 1. The molecule has 1 N–H and O–H groups in total. The normalized spacial score (nSPS) is 10.5. The molecule has 2 aromatic carbocycles. The van der Waals surface area contributed by atoms with Crippen molar-refractivity contribution in [1.82, 2.24) is 5.43 Å². The van der Waals surface area contributed by atoms with E-state index in [4.69, 9.17) is 4.74 Å². The zero-order valence-corrected chi connectivity index (χ0v) is 13.1. The number of nitrogens with one attached hydrogen (secondary N) is 1.